The minimum Gasteiger partial charge on any atom is -0.277 e. The molecule has 6 nitrogen and oxygen atoms in total. The van der Waals surface area contributed by atoms with E-state index in [1.165, 1.54) is 16.9 Å². The molecule has 2 aromatic rings. The molecule has 2 N–H and O–H groups in total. The molecule has 0 saturated carbocycles. The lowest BCUT2D eigenvalue weighted by Gasteiger charge is -2.15. The van der Waals surface area contributed by atoms with E-state index < -0.39 is 41.8 Å². The third-order valence-corrected chi connectivity index (χ3v) is 6.85. The van der Waals surface area contributed by atoms with Crippen molar-refractivity contribution in [2.45, 2.75) is 10.4 Å². The highest BCUT2D eigenvalue weighted by Gasteiger charge is 2.46. The van der Waals surface area contributed by atoms with Crippen molar-refractivity contribution in [1.82, 2.24) is 0 Å². The van der Waals surface area contributed by atoms with Crippen LogP contribution in [0.4, 0.5) is 24.5 Å². The molecule has 25 heavy (non-hydrogen) atoms. The summed E-state index contributed by atoms with van der Waals surface area (Å²) in [6.45, 7) is 0. The van der Waals surface area contributed by atoms with E-state index in [0.717, 1.165) is 29.5 Å². The Balaban J connectivity index is 2.41. The first-order chi connectivity index (χ1) is 11.3. The fourth-order valence-corrected chi connectivity index (χ4v) is 5.39. The van der Waals surface area contributed by atoms with Gasteiger partial charge < -0.3 is 0 Å². The summed E-state index contributed by atoms with van der Waals surface area (Å²) < 4.78 is 87.7. The van der Waals surface area contributed by atoms with Gasteiger partial charge in [0.15, 0.2) is 0 Å². The third kappa shape index (κ3) is 4.50. The molecule has 0 aliphatic heterocycles. The molecule has 0 amide bonds. The molecule has 0 spiro atoms. The summed E-state index contributed by atoms with van der Waals surface area (Å²) in [4.78, 5) is -0.391. The highest BCUT2D eigenvalue weighted by atomic mass is 35.5. The number of sulfonamides is 2. The molecule has 1 aromatic heterocycles. The van der Waals surface area contributed by atoms with Gasteiger partial charge in [-0.3, -0.25) is 9.44 Å². The molecule has 0 bridgehead atoms. The van der Waals surface area contributed by atoms with Crippen LogP contribution < -0.4 is 9.44 Å². The smallest absolute Gasteiger partial charge is 0.277 e. The van der Waals surface area contributed by atoms with E-state index in [2.05, 4.69) is 0 Å². The van der Waals surface area contributed by atoms with Crippen molar-refractivity contribution in [3.8, 4) is 0 Å². The molecule has 0 radical (unpaired) electrons. The molecule has 1 aromatic carbocycles. The lowest BCUT2D eigenvalue weighted by molar-refractivity contribution is -0.0429. The van der Waals surface area contributed by atoms with Crippen LogP contribution in [0, 0.1) is 0 Å². The summed E-state index contributed by atoms with van der Waals surface area (Å²) in [6, 6.07) is 5.61. The van der Waals surface area contributed by atoms with Crippen LogP contribution in [0.15, 0.2) is 35.2 Å². The number of hydrogen-bond acceptors (Lipinski definition) is 5. The number of thiophene rings is 1. The van der Waals surface area contributed by atoms with Crippen LogP contribution in [0.25, 0.3) is 0 Å². The Morgan fingerprint density at radius 2 is 1.48 bits per heavy atom. The van der Waals surface area contributed by atoms with Gasteiger partial charge in [-0.2, -0.15) is 21.6 Å². The number of nitrogens with one attached hydrogen (secondary N) is 2. The zero-order valence-corrected chi connectivity index (χ0v) is 15.6. The van der Waals surface area contributed by atoms with Gasteiger partial charge >= 0.3 is 15.5 Å². The normalized spacial score (nSPS) is 12.8. The van der Waals surface area contributed by atoms with Crippen molar-refractivity contribution >= 4 is 66.0 Å². The third-order valence-electron chi connectivity index (χ3n) is 2.64. The SMILES string of the molecule is O=S(=O)(Nc1ccccc1NS(=O)(=O)C(F)(F)F)c1cc(Cl)sc1Cl. The van der Waals surface area contributed by atoms with E-state index in [1.807, 2.05) is 4.72 Å². The van der Waals surface area contributed by atoms with Crippen LogP contribution in [0.1, 0.15) is 0 Å². The number of halogens is 5. The maximum atomic E-state index is 12.5. The van der Waals surface area contributed by atoms with Crippen molar-refractivity contribution in [2.24, 2.45) is 0 Å². The van der Waals surface area contributed by atoms with E-state index in [-0.39, 0.29) is 8.67 Å². The van der Waals surface area contributed by atoms with Crippen molar-refractivity contribution in [2.75, 3.05) is 9.44 Å². The number of rotatable bonds is 5. The maximum absolute atomic E-state index is 12.5. The van der Waals surface area contributed by atoms with E-state index in [0.29, 0.717) is 0 Å². The summed E-state index contributed by atoms with van der Waals surface area (Å²) in [7, 11) is -10.0. The molecule has 0 atom stereocenters. The Hall–Kier alpha value is -1.21. The molecule has 0 aliphatic rings. The van der Waals surface area contributed by atoms with Gasteiger partial charge in [0.25, 0.3) is 10.0 Å². The lowest BCUT2D eigenvalue weighted by Crippen LogP contribution is -2.30. The maximum Gasteiger partial charge on any atom is 0.516 e. The molecular formula is C11H7Cl2F3N2O4S3. The summed E-state index contributed by atoms with van der Waals surface area (Å²) in [5.41, 5.74) is -6.60. The van der Waals surface area contributed by atoms with Gasteiger partial charge in [0.1, 0.15) is 9.23 Å². The first-order valence-electron chi connectivity index (χ1n) is 5.99. The minimum atomic E-state index is -5.73. The highest BCUT2D eigenvalue weighted by Crippen LogP contribution is 2.36. The topological polar surface area (TPSA) is 92.3 Å². The second-order valence-corrected chi connectivity index (χ2v) is 10.0. The Morgan fingerprint density at radius 3 is 1.92 bits per heavy atom. The second-order valence-electron chi connectivity index (χ2n) is 4.39. The Labute approximate surface area is 154 Å². The Bertz CT molecular complexity index is 1000. The van der Waals surface area contributed by atoms with Gasteiger partial charge in [-0.25, -0.2) is 8.42 Å². The Kier molecular flexibility index (Phi) is 5.50. The number of hydrogen-bond donors (Lipinski definition) is 2. The quantitative estimate of drug-likeness (QED) is 0.710. The summed E-state index contributed by atoms with van der Waals surface area (Å²) in [6.07, 6.45) is 0. The van der Waals surface area contributed by atoms with Gasteiger partial charge in [0, 0.05) is 0 Å². The Morgan fingerprint density at radius 1 is 0.960 bits per heavy atom. The van der Waals surface area contributed by atoms with E-state index in [1.54, 1.807) is 0 Å². The van der Waals surface area contributed by atoms with Crippen molar-refractivity contribution in [3.63, 3.8) is 0 Å². The number of alkyl halides is 3. The summed E-state index contributed by atoms with van der Waals surface area (Å²) in [5, 5.41) is 0. The number of benzene rings is 1. The number of anilines is 2. The molecule has 2 rings (SSSR count). The fraction of sp³-hybridized carbons (Fsp3) is 0.0909. The van der Waals surface area contributed by atoms with E-state index >= 15 is 0 Å². The van der Waals surface area contributed by atoms with Crippen LogP contribution in [0.3, 0.4) is 0 Å². The predicted molar refractivity (Wildman–Crippen MR) is 90.2 cm³/mol. The second kappa shape index (κ2) is 6.83. The minimum absolute atomic E-state index is 0.0800. The van der Waals surface area contributed by atoms with Crippen LogP contribution in [0.5, 0.6) is 0 Å². The summed E-state index contributed by atoms with van der Waals surface area (Å²) in [5.74, 6) is 0. The zero-order valence-electron chi connectivity index (χ0n) is 11.6. The molecule has 0 fully saturated rings. The predicted octanol–water partition coefficient (Wildman–Crippen LogP) is 4.12. The van der Waals surface area contributed by atoms with Gasteiger partial charge in [-0.1, -0.05) is 35.3 Å². The van der Waals surface area contributed by atoms with Gasteiger partial charge in [-0.05, 0) is 18.2 Å². The van der Waals surface area contributed by atoms with Gasteiger partial charge in [0.2, 0.25) is 0 Å². The molecule has 0 saturated heterocycles. The standard InChI is InChI=1S/C11H7Cl2F3N2O4S3/c12-9-5-8(10(13)23-9)24(19,20)17-6-3-1-2-4-7(6)18-25(21,22)11(14,15)16/h1-5,17-18H. The largest absolute Gasteiger partial charge is 0.516 e. The molecule has 14 heteroatoms. The van der Waals surface area contributed by atoms with Crippen LogP contribution in [-0.2, 0) is 20.0 Å². The molecule has 0 aliphatic carbocycles. The molecular weight excluding hydrogens is 448 g/mol. The number of para-hydroxylation sites is 2. The monoisotopic (exact) mass is 454 g/mol. The molecule has 138 valence electrons. The average molecular weight is 455 g/mol. The van der Waals surface area contributed by atoms with Gasteiger partial charge in [-0.15, -0.1) is 11.3 Å². The zero-order chi connectivity index (χ0) is 19.0. The summed E-state index contributed by atoms with van der Waals surface area (Å²) >= 11 is 12.2. The molecule has 1 heterocycles. The van der Waals surface area contributed by atoms with Crippen LogP contribution in [-0.4, -0.2) is 22.3 Å². The van der Waals surface area contributed by atoms with Crippen molar-refractivity contribution in [3.05, 3.63) is 39.0 Å². The van der Waals surface area contributed by atoms with Gasteiger partial charge in [0.05, 0.1) is 15.7 Å². The lowest BCUT2D eigenvalue weighted by atomic mass is 10.3. The average Bonchev–Trinajstić information content (AvgIpc) is 2.79. The first-order valence-corrected chi connectivity index (χ1v) is 10.5. The van der Waals surface area contributed by atoms with Crippen LogP contribution >= 0.6 is 34.5 Å². The first kappa shape index (κ1) is 20.1. The van der Waals surface area contributed by atoms with E-state index in [4.69, 9.17) is 23.2 Å². The van der Waals surface area contributed by atoms with E-state index in [9.17, 15) is 30.0 Å². The molecule has 0 unspecified atom stereocenters. The van der Waals surface area contributed by atoms with Crippen molar-refractivity contribution < 1.29 is 30.0 Å². The fourth-order valence-electron chi connectivity index (χ4n) is 1.57. The van der Waals surface area contributed by atoms with Crippen LogP contribution in [0.2, 0.25) is 8.67 Å². The van der Waals surface area contributed by atoms with Crippen molar-refractivity contribution in [1.29, 1.82) is 0 Å². The highest BCUT2D eigenvalue weighted by molar-refractivity contribution is 7.93.